The summed E-state index contributed by atoms with van der Waals surface area (Å²) in [7, 11) is 3.93. The van der Waals surface area contributed by atoms with Crippen molar-refractivity contribution in [1.29, 1.82) is 0 Å². The summed E-state index contributed by atoms with van der Waals surface area (Å²) in [5.74, 6) is 0.440. The molecule has 0 radical (unpaired) electrons. The second-order valence-electron chi connectivity index (χ2n) is 4.99. The van der Waals surface area contributed by atoms with Gasteiger partial charge in [-0.25, -0.2) is 9.97 Å². The topological polar surface area (TPSA) is 70.2 Å². The second-order valence-corrected chi connectivity index (χ2v) is 4.99. The van der Waals surface area contributed by atoms with Crippen LogP contribution in [0.15, 0.2) is 12.4 Å². The van der Waals surface area contributed by atoms with Gasteiger partial charge >= 0.3 is 0 Å². The number of unbranched alkanes of at least 4 members (excludes halogenated alkanes) is 2. The Hall–Kier alpha value is -1.69. The fourth-order valence-corrected chi connectivity index (χ4v) is 1.61. The first-order valence-corrected chi connectivity index (χ1v) is 7.12. The van der Waals surface area contributed by atoms with E-state index in [-0.39, 0.29) is 5.91 Å². The van der Waals surface area contributed by atoms with Crippen molar-refractivity contribution in [2.75, 3.05) is 39.0 Å². The van der Waals surface area contributed by atoms with E-state index in [1.807, 2.05) is 19.0 Å². The lowest BCUT2D eigenvalue weighted by molar-refractivity contribution is 0.0950. The molecule has 6 heteroatoms. The van der Waals surface area contributed by atoms with Gasteiger partial charge in [-0.3, -0.25) is 4.79 Å². The van der Waals surface area contributed by atoms with E-state index in [0.717, 1.165) is 19.5 Å². The fourth-order valence-electron chi connectivity index (χ4n) is 1.61. The van der Waals surface area contributed by atoms with Crippen LogP contribution < -0.4 is 10.6 Å². The first-order valence-electron chi connectivity index (χ1n) is 7.12. The Balaban J connectivity index is 2.35. The van der Waals surface area contributed by atoms with Gasteiger partial charge in [0, 0.05) is 32.0 Å². The highest BCUT2D eigenvalue weighted by Crippen LogP contribution is 2.01. The van der Waals surface area contributed by atoms with Crippen LogP contribution in [-0.2, 0) is 0 Å². The summed E-state index contributed by atoms with van der Waals surface area (Å²) in [6.45, 7) is 4.45. The molecule has 1 amide bonds. The van der Waals surface area contributed by atoms with Gasteiger partial charge in [0.2, 0.25) is 5.95 Å². The lowest BCUT2D eigenvalue weighted by Crippen LogP contribution is -2.31. The molecule has 0 spiro atoms. The average Bonchev–Trinajstić information content (AvgIpc) is 2.44. The zero-order valence-corrected chi connectivity index (χ0v) is 12.6. The third-order valence-corrected chi connectivity index (χ3v) is 2.82. The molecule has 0 aromatic carbocycles. The first-order chi connectivity index (χ1) is 9.63. The zero-order valence-electron chi connectivity index (χ0n) is 12.6. The largest absolute Gasteiger partial charge is 0.354 e. The molecule has 0 aliphatic heterocycles. The number of hydrogen-bond donors (Lipinski definition) is 2. The number of hydrogen-bond acceptors (Lipinski definition) is 5. The van der Waals surface area contributed by atoms with E-state index in [1.165, 1.54) is 12.8 Å². The van der Waals surface area contributed by atoms with Crippen LogP contribution in [0.5, 0.6) is 0 Å². The molecule has 2 N–H and O–H groups in total. The maximum atomic E-state index is 11.8. The molecule has 20 heavy (non-hydrogen) atoms. The highest BCUT2D eigenvalue weighted by molar-refractivity contribution is 5.93. The van der Waals surface area contributed by atoms with Crippen LogP contribution in [0.4, 0.5) is 5.95 Å². The lowest BCUT2D eigenvalue weighted by Gasteiger charge is -2.10. The molecule has 1 heterocycles. The van der Waals surface area contributed by atoms with Crippen LogP contribution in [0.25, 0.3) is 0 Å². The minimum Gasteiger partial charge on any atom is -0.354 e. The van der Waals surface area contributed by atoms with Gasteiger partial charge in [-0.15, -0.1) is 0 Å². The van der Waals surface area contributed by atoms with E-state index in [1.54, 1.807) is 12.4 Å². The zero-order chi connectivity index (χ0) is 14.8. The van der Waals surface area contributed by atoms with E-state index >= 15 is 0 Å². The SMILES string of the molecule is CCCCCNc1ncc(C(=O)NCCN(C)C)cn1. The smallest absolute Gasteiger partial charge is 0.254 e. The van der Waals surface area contributed by atoms with Crippen molar-refractivity contribution in [2.24, 2.45) is 0 Å². The molecule has 0 aliphatic carbocycles. The summed E-state index contributed by atoms with van der Waals surface area (Å²) >= 11 is 0. The molecular formula is C14H25N5O. The minimum atomic E-state index is -0.135. The summed E-state index contributed by atoms with van der Waals surface area (Å²) in [4.78, 5) is 22.1. The third-order valence-electron chi connectivity index (χ3n) is 2.82. The number of carbonyl (C=O) groups is 1. The quantitative estimate of drug-likeness (QED) is 0.668. The Morgan fingerprint density at radius 1 is 1.20 bits per heavy atom. The molecule has 0 saturated carbocycles. The molecule has 0 unspecified atom stereocenters. The van der Waals surface area contributed by atoms with Gasteiger partial charge in [0.1, 0.15) is 0 Å². The van der Waals surface area contributed by atoms with Gasteiger partial charge in [-0.1, -0.05) is 19.8 Å². The number of carbonyl (C=O) groups excluding carboxylic acids is 1. The fraction of sp³-hybridized carbons (Fsp3) is 0.643. The van der Waals surface area contributed by atoms with Crippen LogP contribution in [0.1, 0.15) is 36.5 Å². The number of rotatable bonds is 9. The van der Waals surface area contributed by atoms with Crippen LogP contribution in [-0.4, -0.2) is 54.5 Å². The molecule has 112 valence electrons. The van der Waals surface area contributed by atoms with E-state index in [9.17, 15) is 4.79 Å². The van der Waals surface area contributed by atoms with Crippen LogP contribution in [0.3, 0.4) is 0 Å². The molecule has 1 aromatic heterocycles. The van der Waals surface area contributed by atoms with E-state index in [0.29, 0.717) is 18.1 Å². The first kappa shape index (κ1) is 16.4. The highest BCUT2D eigenvalue weighted by Gasteiger charge is 2.06. The number of anilines is 1. The Bertz CT molecular complexity index is 391. The summed E-state index contributed by atoms with van der Waals surface area (Å²) in [6.07, 6.45) is 6.60. The summed E-state index contributed by atoms with van der Waals surface area (Å²) in [6, 6.07) is 0. The van der Waals surface area contributed by atoms with Gasteiger partial charge in [-0.2, -0.15) is 0 Å². The van der Waals surface area contributed by atoms with E-state index < -0.39 is 0 Å². The molecule has 0 aliphatic rings. The van der Waals surface area contributed by atoms with Crippen molar-refractivity contribution in [3.05, 3.63) is 18.0 Å². The molecule has 0 fully saturated rings. The van der Waals surface area contributed by atoms with E-state index in [2.05, 4.69) is 27.5 Å². The standard InChI is InChI=1S/C14H25N5O/c1-4-5-6-7-16-14-17-10-12(11-18-14)13(20)15-8-9-19(2)3/h10-11H,4-9H2,1-3H3,(H,15,20)(H,16,17,18). The molecule has 0 bridgehead atoms. The molecule has 1 rings (SSSR count). The maximum Gasteiger partial charge on any atom is 0.254 e. The van der Waals surface area contributed by atoms with Gasteiger partial charge in [0.05, 0.1) is 5.56 Å². The second kappa shape index (κ2) is 9.25. The Morgan fingerprint density at radius 2 is 1.90 bits per heavy atom. The Kier molecular flexibility index (Phi) is 7.57. The molecular weight excluding hydrogens is 254 g/mol. The summed E-state index contributed by atoms with van der Waals surface area (Å²) in [5.41, 5.74) is 0.489. The minimum absolute atomic E-state index is 0.135. The Morgan fingerprint density at radius 3 is 2.50 bits per heavy atom. The third kappa shape index (κ3) is 6.47. The van der Waals surface area contributed by atoms with Crippen molar-refractivity contribution in [3.8, 4) is 0 Å². The Labute approximate surface area is 121 Å². The van der Waals surface area contributed by atoms with E-state index in [4.69, 9.17) is 0 Å². The van der Waals surface area contributed by atoms with Crippen molar-refractivity contribution in [1.82, 2.24) is 20.2 Å². The van der Waals surface area contributed by atoms with Crippen molar-refractivity contribution in [3.63, 3.8) is 0 Å². The normalized spacial score (nSPS) is 10.6. The number of nitrogens with zero attached hydrogens (tertiary/aromatic N) is 3. The van der Waals surface area contributed by atoms with Crippen LogP contribution in [0.2, 0.25) is 0 Å². The molecule has 1 aromatic rings. The van der Waals surface area contributed by atoms with Crippen LogP contribution in [0, 0.1) is 0 Å². The van der Waals surface area contributed by atoms with Gasteiger partial charge < -0.3 is 15.5 Å². The summed E-state index contributed by atoms with van der Waals surface area (Å²) < 4.78 is 0. The lowest BCUT2D eigenvalue weighted by atomic mass is 10.2. The maximum absolute atomic E-state index is 11.8. The van der Waals surface area contributed by atoms with Crippen molar-refractivity contribution < 1.29 is 4.79 Å². The molecule has 6 nitrogen and oxygen atoms in total. The predicted molar refractivity (Wildman–Crippen MR) is 80.9 cm³/mol. The van der Waals surface area contributed by atoms with Crippen molar-refractivity contribution in [2.45, 2.75) is 26.2 Å². The number of nitrogens with one attached hydrogen (secondary N) is 2. The predicted octanol–water partition coefficient (Wildman–Crippen LogP) is 1.37. The van der Waals surface area contributed by atoms with Crippen molar-refractivity contribution >= 4 is 11.9 Å². The highest BCUT2D eigenvalue weighted by atomic mass is 16.1. The van der Waals surface area contributed by atoms with Crippen LogP contribution >= 0.6 is 0 Å². The number of aromatic nitrogens is 2. The van der Waals surface area contributed by atoms with Gasteiger partial charge in [0.25, 0.3) is 5.91 Å². The monoisotopic (exact) mass is 279 g/mol. The molecule has 0 saturated heterocycles. The molecule has 0 atom stereocenters. The number of likely N-dealkylation sites (N-methyl/N-ethyl adjacent to an activating group) is 1. The summed E-state index contributed by atoms with van der Waals surface area (Å²) in [5, 5.41) is 5.97. The van der Waals surface area contributed by atoms with Gasteiger partial charge in [0.15, 0.2) is 0 Å². The number of amides is 1. The van der Waals surface area contributed by atoms with Gasteiger partial charge in [-0.05, 0) is 20.5 Å². The average molecular weight is 279 g/mol.